The Balaban J connectivity index is 1.51. The minimum Gasteiger partial charge on any atom is -0.497 e. The molecule has 5 atom stereocenters. The van der Waals surface area contributed by atoms with E-state index in [-0.39, 0.29) is 19.4 Å². The Morgan fingerprint density at radius 1 is 1.04 bits per heavy atom. The van der Waals surface area contributed by atoms with E-state index in [0.29, 0.717) is 28.1 Å². The number of rotatable bonds is 13. The van der Waals surface area contributed by atoms with Crippen molar-refractivity contribution in [1.29, 1.82) is 0 Å². The number of aromatic nitrogens is 1. The van der Waals surface area contributed by atoms with E-state index in [2.05, 4.69) is 21.9 Å². The third kappa shape index (κ3) is 9.21. The van der Waals surface area contributed by atoms with Crippen LogP contribution in [0.3, 0.4) is 0 Å². The quantitative estimate of drug-likeness (QED) is 0.206. The molecule has 0 spiro atoms. The first-order valence-corrected chi connectivity index (χ1v) is 19.8. The average Bonchev–Trinajstić information content (AvgIpc) is 3.68. The summed E-state index contributed by atoms with van der Waals surface area (Å²) >= 11 is 0. The van der Waals surface area contributed by atoms with Crippen molar-refractivity contribution in [1.82, 2.24) is 25.2 Å². The summed E-state index contributed by atoms with van der Waals surface area (Å²) < 4.78 is 45.0. The topological polar surface area (TPSA) is 182 Å². The van der Waals surface area contributed by atoms with E-state index in [9.17, 15) is 27.6 Å². The Hall–Kier alpha value is -5.18. The maximum atomic E-state index is 14.4. The van der Waals surface area contributed by atoms with E-state index in [1.165, 1.54) is 24.8 Å². The van der Waals surface area contributed by atoms with Gasteiger partial charge in [0.05, 0.1) is 30.1 Å². The van der Waals surface area contributed by atoms with Crippen molar-refractivity contribution in [2.45, 2.75) is 95.9 Å². The van der Waals surface area contributed by atoms with Crippen molar-refractivity contribution in [3.8, 4) is 22.8 Å². The van der Waals surface area contributed by atoms with Crippen LogP contribution in [0.1, 0.15) is 61.3 Å². The highest BCUT2D eigenvalue weighted by atomic mass is 32.2. The second-order valence-corrected chi connectivity index (χ2v) is 17.9. The largest absolute Gasteiger partial charge is 0.497 e. The van der Waals surface area contributed by atoms with Crippen LogP contribution in [0.2, 0.25) is 0 Å². The zero-order chi connectivity index (χ0) is 40.5. The van der Waals surface area contributed by atoms with Gasteiger partial charge in [0.15, 0.2) is 0 Å². The number of nitrogens with zero attached hydrogens (tertiary/aromatic N) is 2. The summed E-state index contributed by atoms with van der Waals surface area (Å²) in [6.07, 6.45) is 0.0835. The van der Waals surface area contributed by atoms with E-state index in [1.807, 2.05) is 36.4 Å². The number of hydrogen-bond acceptors (Lipinski definition) is 10. The minimum atomic E-state index is -4.02. The van der Waals surface area contributed by atoms with Crippen molar-refractivity contribution in [2.24, 2.45) is 11.8 Å². The van der Waals surface area contributed by atoms with Crippen molar-refractivity contribution < 1.29 is 41.8 Å². The molecular weight excluding hydrogens is 727 g/mol. The Morgan fingerprint density at radius 3 is 2.31 bits per heavy atom. The number of carbonyl (C=O) groups excluding carboxylic acids is 4. The van der Waals surface area contributed by atoms with Crippen LogP contribution in [0.15, 0.2) is 67.3 Å². The van der Waals surface area contributed by atoms with Gasteiger partial charge < -0.3 is 29.7 Å². The van der Waals surface area contributed by atoms with Gasteiger partial charge in [-0.3, -0.25) is 19.1 Å². The molecule has 14 nitrogen and oxygen atoms in total. The monoisotopic (exact) mass is 777 g/mol. The van der Waals surface area contributed by atoms with Crippen LogP contribution in [0.25, 0.3) is 22.2 Å². The normalized spacial score (nSPS) is 21.5. The number of likely N-dealkylation sites (tertiary alicyclic amines) is 1. The zero-order valence-electron chi connectivity index (χ0n) is 32.5. The van der Waals surface area contributed by atoms with Gasteiger partial charge in [-0.25, -0.2) is 18.2 Å². The summed E-state index contributed by atoms with van der Waals surface area (Å²) in [5, 5.41) is 5.23. The van der Waals surface area contributed by atoms with E-state index in [0.717, 1.165) is 5.56 Å². The number of sulfonamides is 1. The summed E-state index contributed by atoms with van der Waals surface area (Å²) in [6, 6.07) is 14.5. The maximum absolute atomic E-state index is 14.4. The predicted molar refractivity (Wildman–Crippen MR) is 208 cm³/mol. The van der Waals surface area contributed by atoms with Crippen LogP contribution < -0.4 is 24.8 Å². The molecule has 1 aromatic heterocycles. The number of hydrogen-bond donors (Lipinski definition) is 3. The Labute approximate surface area is 322 Å². The first-order chi connectivity index (χ1) is 25.8. The maximum Gasteiger partial charge on any atom is 0.408 e. The molecule has 15 heteroatoms. The van der Waals surface area contributed by atoms with Gasteiger partial charge in [0.25, 0.3) is 5.91 Å². The molecule has 3 N–H and O–H groups in total. The second kappa shape index (κ2) is 15.9. The highest BCUT2D eigenvalue weighted by Crippen LogP contribution is 2.45. The highest BCUT2D eigenvalue weighted by Gasteiger charge is 2.61. The van der Waals surface area contributed by atoms with Crippen molar-refractivity contribution >= 4 is 44.7 Å². The predicted octanol–water partition coefficient (Wildman–Crippen LogP) is 4.72. The van der Waals surface area contributed by atoms with Gasteiger partial charge in [0.1, 0.15) is 40.8 Å². The molecule has 55 heavy (non-hydrogen) atoms. The molecule has 3 aromatic rings. The van der Waals surface area contributed by atoms with E-state index >= 15 is 0 Å². The number of ether oxygens (including phenoxy) is 3. The molecule has 2 aliphatic rings. The molecule has 1 saturated carbocycles. The third-order valence-corrected chi connectivity index (χ3v) is 11.4. The van der Waals surface area contributed by atoms with Gasteiger partial charge in [-0.15, -0.1) is 6.58 Å². The van der Waals surface area contributed by atoms with Gasteiger partial charge in [-0.05, 0) is 59.1 Å². The van der Waals surface area contributed by atoms with Crippen molar-refractivity contribution in [3.05, 3.63) is 67.3 Å². The van der Waals surface area contributed by atoms with Crippen LogP contribution in [0, 0.1) is 11.8 Å². The number of benzene rings is 2. The molecule has 2 fully saturated rings. The molecule has 0 radical (unpaired) electrons. The van der Waals surface area contributed by atoms with Crippen LogP contribution >= 0.6 is 0 Å². The molecule has 4 amide bonds. The van der Waals surface area contributed by atoms with Gasteiger partial charge in [-0.1, -0.05) is 50.3 Å². The molecular formula is C40H51N5O9S. The summed E-state index contributed by atoms with van der Waals surface area (Å²) in [7, 11) is -2.46. The Bertz CT molecular complexity index is 2070. The minimum absolute atomic E-state index is 0.0101. The second-order valence-electron chi connectivity index (χ2n) is 15.6. The standard InChI is InChI=1S/C40H51N5O9S/c1-10-26-21-40(26,37(48)44-55(50,51)24(4)5)43-35(46)32-19-28(22-45(32)36(47)34(23(2)3)42-38(49)54-39(6,7)8)53-33-20-30(25-14-12-11-13-15-25)41-31-18-27(52-9)16-17-29(31)33/h10-18,20,23-24,26,28,32,34H,1,19,21-22H2,2-9H3,(H,42,49)(H,43,46)(H,44,48)/t26?,28-,32+,34+,40-/m1/s1. The Kier molecular flexibility index (Phi) is 11.8. The molecule has 0 bridgehead atoms. The number of fused-ring (bicyclic) bond motifs is 1. The van der Waals surface area contributed by atoms with Crippen molar-refractivity contribution in [3.63, 3.8) is 0 Å². The SMILES string of the molecule is C=CC1C[C@]1(NC(=O)[C@@H]1C[C@@H](Oc2cc(-c3ccccc3)nc3cc(OC)ccc23)CN1C(=O)[C@@H](NC(=O)OC(C)(C)C)C(C)C)C(=O)NS(=O)(=O)C(C)C. The van der Waals surface area contributed by atoms with Gasteiger partial charge in [0, 0.05) is 35.4 Å². The van der Waals surface area contributed by atoms with E-state index in [1.54, 1.807) is 59.9 Å². The van der Waals surface area contributed by atoms with Crippen LogP contribution in [-0.4, -0.2) is 90.3 Å². The van der Waals surface area contributed by atoms with Crippen molar-refractivity contribution in [2.75, 3.05) is 13.7 Å². The fourth-order valence-corrected chi connectivity index (χ4v) is 7.19. The summed E-state index contributed by atoms with van der Waals surface area (Å²) in [5.41, 5.74) is -0.345. The number of methoxy groups -OCH3 is 1. The van der Waals surface area contributed by atoms with Crippen LogP contribution in [0.4, 0.5) is 4.79 Å². The first-order valence-electron chi connectivity index (χ1n) is 18.3. The molecule has 1 aliphatic heterocycles. The number of alkyl carbamates (subject to hydrolysis) is 1. The lowest BCUT2D eigenvalue weighted by molar-refractivity contribution is -0.141. The molecule has 2 heterocycles. The fraction of sp³-hybridized carbons (Fsp3) is 0.475. The number of nitrogens with one attached hydrogen (secondary N) is 3. The van der Waals surface area contributed by atoms with Gasteiger partial charge in [0.2, 0.25) is 21.8 Å². The molecule has 1 saturated heterocycles. The molecule has 5 rings (SSSR count). The van der Waals surface area contributed by atoms with E-state index in [4.69, 9.17) is 19.2 Å². The number of amides is 4. The lowest BCUT2D eigenvalue weighted by Crippen LogP contribution is -2.59. The molecule has 1 unspecified atom stereocenters. The fourth-order valence-electron chi connectivity index (χ4n) is 6.51. The Morgan fingerprint density at radius 2 is 1.73 bits per heavy atom. The summed E-state index contributed by atoms with van der Waals surface area (Å²) in [5.74, 6) is -2.04. The average molecular weight is 778 g/mol. The number of pyridine rings is 1. The summed E-state index contributed by atoms with van der Waals surface area (Å²) in [4.78, 5) is 61.4. The molecule has 296 valence electrons. The smallest absolute Gasteiger partial charge is 0.408 e. The third-order valence-electron chi connectivity index (χ3n) is 9.70. The van der Waals surface area contributed by atoms with Gasteiger partial charge >= 0.3 is 6.09 Å². The summed E-state index contributed by atoms with van der Waals surface area (Å²) in [6.45, 7) is 15.2. The number of carbonyl (C=O) groups is 4. The molecule has 1 aliphatic carbocycles. The lowest BCUT2D eigenvalue weighted by Gasteiger charge is -2.31. The van der Waals surface area contributed by atoms with Gasteiger partial charge in [-0.2, -0.15) is 0 Å². The highest BCUT2D eigenvalue weighted by molar-refractivity contribution is 7.90. The van der Waals surface area contributed by atoms with Crippen LogP contribution in [0.5, 0.6) is 11.5 Å². The van der Waals surface area contributed by atoms with E-state index < -0.39 is 80.3 Å². The molecule has 2 aromatic carbocycles. The zero-order valence-corrected chi connectivity index (χ0v) is 33.4. The lowest BCUT2D eigenvalue weighted by atomic mass is 10.0. The first kappa shape index (κ1) is 41.0. The van der Waals surface area contributed by atoms with Crippen LogP contribution in [-0.2, 0) is 29.1 Å².